The van der Waals surface area contributed by atoms with Crippen molar-refractivity contribution in [2.75, 3.05) is 0 Å². The van der Waals surface area contributed by atoms with Crippen LogP contribution in [-0.4, -0.2) is 0 Å². The van der Waals surface area contributed by atoms with E-state index in [9.17, 15) is 0 Å². The smallest absolute Gasteiger partial charge is 0.286 e. The average Bonchev–Trinajstić information content (AvgIpc) is 2.18. The van der Waals surface area contributed by atoms with Gasteiger partial charge in [0, 0.05) is 0 Å². The van der Waals surface area contributed by atoms with Crippen LogP contribution in [0, 0.1) is 25.4 Å². The number of hydrogen-bond acceptors (Lipinski definition) is 2. The Kier molecular flexibility index (Phi) is 3.53. The van der Waals surface area contributed by atoms with Gasteiger partial charge < -0.3 is 4.74 Å². The predicted octanol–water partition coefficient (Wildman–Crippen LogP) is 3.25. The van der Waals surface area contributed by atoms with Crippen molar-refractivity contribution in [2.24, 2.45) is 0 Å². The van der Waals surface area contributed by atoms with Crippen LogP contribution >= 0.6 is 0 Å². The summed E-state index contributed by atoms with van der Waals surface area (Å²) in [6.07, 6.45) is 2.48. The molecule has 74 valence electrons. The molecule has 2 heteroatoms. The minimum absolute atomic E-state index is 0.0973. The maximum absolute atomic E-state index is 8.52. The summed E-state index contributed by atoms with van der Waals surface area (Å²) in [4.78, 5) is 0. The Labute approximate surface area is 85.1 Å². The molecule has 0 aliphatic rings. The van der Waals surface area contributed by atoms with Crippen LogP contribution in [0.3, 0.4) is 0 Å². The Hall–Kier alpha value is -1.49. The average molecular weight is 189 g/mol. The van der Waals surface area contributed by atoms with Gasteiger partial charge in [-0.15, -0.1) is 0 Å². The zero-order valence-corrected chi connectivity index (χ0v) is 8.87. The SMILES string of the molecule is CC[C@@H](OC#N)c1cc(C)ccc1C. The van der Waals surface area contributed by atoms with Crippen LogP contribution in [-0.2, 0) is 4.74 Å². The minimum Gasteiger partial charge on any atom is -0.419 e. The molecule has 0 saturated heterocycles. The molecule has 0 aliphatic heterocycles. The van der Waals surface area contributed by atoms with Crippen LogP contribution < -0.4 is 0 Å². The van der Waals surface area contributed by atoms with E-state index in [4.69, 9.17) is 10.00 Å². The highest BCUT2D eigenvalue weighted by molar-refractivity contribution is 5.32. The van der Waals surface area contributed by atoms with Crippen molar-refractivity contribution in [3.05, 3.63) is 34.9 Å². The molecule has 1 aromatic rings. The molecule has 0 N–H and O–H groups in total. The van der Waals surface area contributed by atoms with E-state index in [1.54, 1.807) is 6.26 Å². The number of aryl methyl sites for hydroxylation is 2. The van der Waals surface area contributed by atoms with Crippen LogP contribution in [0.15, 0.2) is 18.2 Å². The molecular formula is C12H15NO. The molecule has 0 unspecified atom stereocenters. The fraction of sp³-hybridized carbons (Fsp3) is 0.417. The van der Waals surface area contributed by atoms with E-state index in [0.29, 0.717) is 0 Å². The predicted molar refractivity (Wildman–Crippen MR) is 55.6 cm³/mol. The zero-order chi connectivity index (χ0) is 10.6. The van der Waals surface area contributed by atoms with Gasteiger partial charge in [0.05, 0.1) is 0 Å². The highest BCUT2D eigenvalue weighted by atomic mass is 16.5. The molecule has 0 aliphatic carbocycles. The van der Waals surface area contributed by atoms with Gasteiger partial charge >= 0.3 is 0 Å². The third kappa shape index (κ3) is 2.26. The van der Waals surface area contributed by atoms with Gasteiger partial charge in [0.25, 0.3) is 6.26 Å². The number of nitrogens with zero attached hydrogens (tertiary/aromatic N) is 1. The van der Waals surface area contributed by atoms with Gasteiger partial charge in [-0.05, 0) is 31.4 Å². The fourth-order valence-electron chi connectivity index (χ4n) is 1.54. The van der Waals surface area contributed by atoms with Crippen molar-refractivity contribution < 1.29 is 4.74 Å². The Bertz CT molecular complexity index is 352. The molecular weight excluding hydrogens is 174 g/mol. The van der Waals surface area contributed by atoms with E-state index >= 15 is 0 Å². The first kappa shape index (κ1) is 10.6. The molecule has 0 aromatic heterocycles. The number of hydrogen-bond donors (Lipinski definition) is 0. The third-order valence-corrected chi connectivity index (χ3v) is 2.35. The lowest BCUT2D eigenvalue weighted by Gasteiger charge is -2.15. The van der Waals surface area contributed by atoms with Crippen LogP contribution in [0.1, 0.15) is 36.1 Å². The Morgan fingerprint density at radius 1 is 1.43 bits per heavy atom. The first-order valence-electron chi connectivity index (χ1n) is 4.81. The summed E-state index contributed by atoms with van der Waals surface area (Å²) >= 11 is 0. The fourth-order valence-corrected chi connectivity index (χ4v) is 1.54. The van der Waals surface area contributed by atoms with Crippen molar-refractivity contribution >= 4 is 0 Å². The second-order valence-corrected chi connectivity index (χ2v) is 3.47. The van der Waals surface area contributed by atoms with Gasteiger partial charge in [0.1, 0.15) is 6.10 Å². The molecule has 0 amide bonds. The van der Waals surface area contributed by atoms with Gasteiger partial charge in [0.2, 0.25) is 0 Å². The summed E-state index contributed by atoms with van der Waals surface area (Å²) in [5.41, 5.74) is 3.50. The molecule has 0 spiro atoms. The Morgan fingerprint density at radius 2 is 2.14 bits per heavy atom. The van der Waals surface area contributed by atoms with Crippen molar-refractivity contribution in [1.29, 1.82) is 5.26 Å². The maximum atomic E-state index is 8.52. The van der Waals surface area contributed by atoms with Gasteiger partial charge in [-0.3, -0.25) is 0 Å². The summed E-state index contributed by atoms with van der Waals surface area (Å²) in [6, 6.07) is 6.22. The van der Waals surface area contributed by atoms with Crippen molar-refractivity contribution in [2.45, 2.75) is 33.3 Å². The quantitative estimate of drug-likeness (QED) is 0.684. The van der Waals surface area contributed by atoms with E-state index in [1.165, 1.54) is 11.1 Å². The van der Waals surface area contributed by atoms with Crippen molar-refractivity contribution in [3.8, 4) is 6.26 Å². The molecule has 0 heterocycles. The monoisotopic (exact) mass is 189 g/mol. The van der Waals surface area contributed by atoms with Crippen LogP contribution in [0.5, 0.6) is 0 Å². The summed E-state index contributed by atoms with van der Waals surface area (Å²) < 4.78 is 5.02. The third-order valence-electron chi connectivity index (χ3n) is 2.35. The van der Waals surface area contributed by atoms with Crippen molar-refractivity contribution in [1.82, 2.24) is 0 Å². The molecule has 14 heavy (non-hydrogen) atoms. The first-order chi connectivity index (χ1) is 6.69. The number of benzene rings is 1. The van der Waals surface area contributed by atoms with E-state index in [0.717, 1.165) is 12.0 Å². The van der Waals surface area contributed by atoms with E-state index in [1.807, 2.05) is 20.8 Å². The summed E-state index contributed by atoms with van der Waals surface area (Å²) in [5.74, 6) is 0. The van der Waals surface area contributed by atoms with Crippen LogP contribution in [0.4, 0.5) is 0 Å². The summed E-state index contributed by atoms with van der Waals surface area (Å²) in [7, 11) is 0. The molecule has 1 aromatic carbocycles. The Balaban J connectivity index is 3.03. The van der Waals surface area contributed by atoms with Crippen molar-refractivity contribution in [3.63, 3.8) is 0 Å². The largest absolute Gasteiger partial charge is 0.419 e. The normalized spacial score (nSPS) is 11.9. The van der Waals surface area contributed by atoms with Gasteiger partial charge in [-0.1, -0.05) is 30.7 Å². The molecule has 1 atom stereocenters. The number of rotatable bonds is 3. The molecule has 0 radical (unpaired) electrons. The maximum Gasteiger partial charge on any atom is 0.286 e. The minimum atomic E-state index is -0.0973. The second-order valence-electron chi connectivity index (χ2n) is 3.47. The van der Waals surface area contributed by atoms with Gasteiger partial charge in [0.15, 0.2) is 0 Å². The topological polar surface area (TPSA) is 33.0 Å². The zero-order valence-electron chi connectivity index (χ0n) is 8.87. The lowest BCUT2D eigenvalue weighted by molar-refractivity contribution is 0.159. The highest BCUT2D eigenvalue weighted by Crippen LogP contribution is 2.24. The van der Waals surface area contributed by atoms with E-state index in [2.05, 4.69) is 18.2 Å². The molecule has 0 saturated carbocycles. The standard InChI is InChI=1S/C12H15NO/c1-4-12(14-8-13)11-7-9(2)5-6-10(11)3/h5-7,12H,4H2,1-3H3/t12-/m1/s1. The second kappa shape index (κ2) is 4.66. The summed E-state index contributed by atoms with van der Waals surface area (Å²) in [5, 5.41) is 8.52. The molecule has 1 rings (SSSR count). The van der Waals surface area contributed by atoms with Gasteiger partial charge in [-0.25, -0.2) is 0 Å². The van der Waals surface area contributed by atoms with Gasteiger partial charge in [-0.2, -0.15) is 5.26 Å². The Morgan fingerprint density at radius 3 is 2.71 bits per heavy atom. The first-order valence-corrected chi connectivity index (χ1v) is 4.81. The lowest BCUT2D eigenvalue weighted by atomic mass is 9.99. The molecule has 0 bridgehead atoms. The highest BCUT2D eigenvalue weighted by Gasteiger charge is 2.12. The number of ether oxygens (including phenoxy) is 1. The van der Waals surface area contributed by atoms with E-state index < -0.39 is 0 Å². The molecule has 0 fully saturated rings. The van der Waals surface area contributed by atoms with E-state index in [-0.39, 0.29) is 6.10 Å². The van der Waals surface area contributed by atoms with Crippen LogP contribution in [0.2, 0.25) is 0 Å². The molecule has 2 nitrogen and oxygen atoms in total. The van der Waals surface area contributed by atoms with Crippen LogP contribution in [0.25, 0.3) is 0 Å². The number of nitriles is 1. The summed E-state index contributed by atoms with van der Waals surface area (Å²) in [6.45, 7) is 6.10. The lowest BCUT2D eigenvalue weighted by Crippen LogP contribution is -2.02.